The van der Waals surface area contributed by atoms with Gasteiger partial charge in [-0.25, -0.2) is 4.99 Å². The predicted octanol–water partition coefficient (Wildman–Crippen LogP) is 8.22. The summed E-state index contributed by atoms with van der Waals surface area (Å²) in [4.78, 5) is 7.63. The number of anilines is 1. The summed E-state index contributed by atoms with van der Waals surface area (Å²) in [5.74, 6) is 1.19. The van der Waals surface area contributed by atoms with Gasteiger partial charge in [-0.1, -0.05) is 78.9 Å². The largest absolute Gasteiger partial charge is 0.347 e. The van der Waals surface area contributed by atoms with Crippen LogP contribution in [0.25, 0.3) is 58.1 Å². The van der Waals surface area contributed by atoms with Crippen molar-refractivity contribution in [3.8, 4) is 0 Å². The highest BCUT2D eigenvalue weighted by Crippen LogP contribution is 2.53. The van der Waals surface area contributed by atoms with Crippen LogP contribution in [0.1, 0.15) is 0 Å². The van der Waals surface area contributed by atoms with Gasteiger partial charge in [0.1, 0.15) is 11.5 Å². The molecule has 0 radical (unpaired) electrons. The van der Waals surface area contributed by atoms with Crippen LogP contribution in [0.4, 0.5) is 11.5 Å². The molecule has 4 aromatic carbocycles. The lowest BCUT2D eigenvalue weighted by atomic mass is 9.98. The molecule has 0 amide bonds. The minimum absolute atomic E-state index is 0.152. The second kappa shape index (κ2) is 6.09. The lowest BCUT2D eigenvalue weighted by Gasteiger charge is -2.32. The lowest BCUT2D eigenvalue weighted by molar-refractivity contribution is 0.887. The highest BCUT2D eigenvalue weighted by Gasteiger charge is 2.33. The molecule has 0 saturated heterocycles. The fourth-order valence-electron chi connectivity index (χ4n) is 6.50. The Balaban J connectivity index is 1.63. The summed E-state index contributed by atoms with van der Waals surface area (Å²) in [5, 5.41) is 9.26. The van der Waals surface area contributed by atoms with E-state index in [-0.39, 0.29) is 6.04 Å². The third-order valence-corrected chi connectivity index (χ3v) is 9.09. The van der Waals surface area contributed by atoms with E-state index in [1.54, 1.807) is 0 Å². The van der Waals surface area contributed by atoms with Gasteiger partial charge in [-0.05, 0) is 22.9 Å². The topological polar surface area (TPSA) is 20.0 Å². The average Bonchev–Trinajstić information content (AvgIpc) is 3.56. The Morgan fingerprint density at radius 3 is 2.37 bits per heavy atom. The summed E-state index contributed by atoms with van der Waals surface area (Å²) in [7, 11) is 2.21. The summed E-state index contributed by atoms with van der Waals surface area (Å²) < 4.78 is 5.22. The third kappa shape index (κ3) is 2.03. The van der Waals surface area contributed by atoms with Gasteiger partial charge in [0.2, 0.25) is 0 Å². The number of allylic oxidation sites excluding steroid dienone is 2. The molecule has 1 unspecified atom stereocenters. The molecule has 4 heteroatoms. The van der Waals surface area contributed by atoms with Gasteiger partial charge < -0.3 is 4.90 Å². The number of fused-ring (bicyclic) bond motifs is 14. The molecule has 164 valence electrons. The molecule has 1 aliphatic heterocycles. The van der Waals surface area contributed by atoms with Gasteiger partial charge >= 0.3 is 0 Å². The minimum Gasteiger partial charge on any atom is -0.347 e. The lowest BCUT2D eigenvalue weighted by Crippen LogP contribution is -2.39. The number of thiophene rings is 1. The Kier molecular flexibility index (Phi) is 3.17. The maximum Gasteiger partial charge on any atom is 0.141 e. The molecule has 0 bridgehead atoms. The number of para-hydroxylation sites is 1. The first kappa shape index (κ1) is 18.2. The van der Waals surface area contributed by atoms with Gasteiger partial charge in [-0.3, -0.25) is 4.40 Å². The van der Waals surface area contributed by atoms with Gasteiger partial charge in [0.15, 0.2) is 0 Å². The van der Waals surface area contributed by atoms with Crippen LogP contribution in [0.3, 0.4) is 0 Å². The number of benzene rings is 4. The summed E-state index contributed by atoms with van der Waals surface area (Å²) >= 11 is 1.91. The molecular formula is C31H19N3S. The van der Waals surface area contributed by atoms with E-state index >= 15 is 0 Å². The van der Waals surface area contributed by atoms with Crippen molar-refractivity contribution in [1.29, 1.82) is 0 Å². The van der Waals surface area contributed by atoms with Crippen LogP contribution in [0.5, 0.6) is 0 Å². The molecule has 3 aromatic heterocycles. The van der Waals surface area contributed by atoms with Crippen molar-refractivity contribution >= 4 is 86.7 Å². The zero-order valence-corrected chi connectivity index (χ0v) is 19.8. The highest BCUT2D eigenvalue weighted by atomic mass is 32.1. The summed E-state index contributed by atoms with van der Waals surface area (Å²) in [6.07, 6.45) is 8.62. The second-order valence-corrected chi connectivity index (χ2v) is 10.7. The highest BCUT2D eigenvalue weighted by molar-refractivity contribution is 7.27. The second-order valence-electron chi connectivity index (χ2n) is 9.62. The zero-order valence-electron chi connectivity index (χ0n) is 19.0. The van der Waals surface area contributed by atoms with E-state index in [4.69, 9.17) is 4.99 Å². The van der Waals surface area contributed by atoms with E-state index in [2.05, 4.69) is 107 Å². The van der Waals surface area contributed by atoms with Gasteiger partial charge in [0.05, 0.1) is 27.5 Å². The van der Waals surface area contributed by atoms with Crippen molar-refractivity contribution in [3.63, 3.8) is 0 Å². The number of hydrogen-bond donors (Lipinski definition) is 0. The number of aromatic nitrogens is 1. The van der Waals surface area contributed by atoms with Crippen molar-refractivity contribution < 1.29 is 0 Å². The molecule has 9 rings (SSSR count). The van der Waals surface area contributed by atoms with E-state index < -0.39 is 0 Å². The van der Waals surface area contributed by atoms with E-state index in [0.29, 0.717) is 0 Å². The molecule has 0 fully saturated rings. The van der Waals surface area contributed by atoms with Crippen LogP contribution in [-0.4, -0.2) is 23.2 Å². The van der Waals surface area contributed by atoms with Gasteiger partial charge in [0, 0.05) is 38.7 Å². The van der Waals surface area contributed by atoms with Crippen molar-refractivity contribution in [1.82, 2.24) is 4.40 Å². The summed E-state index contributed by atoms with van der Waals surface area (Å²) in [6, 6.07) is 24.7. The fourth-order valence-corrected chi connectivity index (χ4v) is 7.76. The Labute approximate surface area is 204 Å². The molecule has 0 spiro atoms. The predicted molar refractivity (Wildman–Crippen MR) is 152 cm³/mol. The molecule has 1 aliphatic carbocycles. The van der Waals surface area contributed by atoms with E-state index in [9.17, 15) is 0 Å². The SMILES string of the molecule is CN1c2c(c3cccc4c5c6ccccc6c6c7ccccc7sc6c5n2c34)N=C2C=CC=CC21. The van der Waals surface area contributed by atoms with E-state index in [1.807, 2.05) is 11.3 Å². The smallest absolute Gasteiger partial charge is 0.141 e. The molecule has 7 aromatic rings. The van der Waals surface area contributed by atoms with Crippen LogP contribution in [0.15, 0.2) is 96.0 Å². The summed E-state index contributed by atoms with van der Waals surface area (Å²) in [5.41, 5.74) is 4.79. The van der Waals surface area contributed by atoms with Gasteiger partial charge in [0.25, 0.3) is 0 Å². The van der Waals surface area contributed by atoms with Crippen LogP contribution >= 0.6 is 11.3 Å². The molecule has 1 atom stereocenters. The molecule has 2 aliphatic rings. The Hall–Kier alpha value is -4.15. The number of hydrogen-bond acceptors (Lipinski definition) is 3. The molecule has 4 heterocycles. The van der Waals surface area contributed by atoms with Crippen molar-refractivity contribution in [2.75, 3.05) is 11.9 Å². The van der Waals surface area contributed by atoms with Crippen LogP contribution < -0.4 is 4.90 Å². The first-order valence-corrected chi connectivity index (χ1v) is 12.8. The first-order valence-electron chi connectivity index (χ1n) is 12.0. The molecule has 0 N–H and O–H groups in total. The molecule has 35 heavy (non-hydrogen) atoms. The molecular weight excluding hydrogens is 446 g/mol. The van der Waals surface area contributed by atoms with Gasteiger partial charge in [-0.15, -0.1) is 11.3 Å². The minimum atomic E-state index is 0.152. The normalized spacial score (nSPS) is 17.5. The number of aliphatic imine (C=N–C) groups is 1. The Morgan fingerprint density at radius 2 is 1.49 bits per heavy atom. The molecule has 0 saturated carbocycles. The van der Waals surface area contributed by atoms with Crippen LogP contribution in [0.2, 0.25) is 0 Å². The van der Waals surface area contributed by atoms with E-state index in [1.165, 1.54) is 64.0 Å². The average molecular weight is 466 g/mol. The Bertz CT molecular complexity index is 2140. The maximum absolute atomic E-state index is 5.22. The van der Waals surface area contributed by atoms with Crippen molar-refractivity contribution in [2.24, 2.45) is 4.99 Å². The van der Waals surface area contributed by atoms with Crippen molar-refractivity contribution in [3.05, 3.63) is 91.0 Å². The number of rotatable bonds is 0. The van der Waals surface area contributed by atoms with Crippen LogP contribution in [0, 0.1) is 0 Å². The van der Waals surface area contributed by atoms with E-state index in [0.717, 1.165) is 11.4 Å². The first-order chi connectivity index (χ1) is 17.3. The van der Waals surface area contributed by atoms with Crippen LogP contribution in [-0.2, 0) is 0 Å². The standard InChI is InChI=1S/C31H19N3S/c1-33-23-15-6-5-14-22(23)32-27-21-13-8-12-20-25-17-9-2-3-10-18(17)26-19-11-4-7-16-24(19)35-30(26)29(25)34(28(20)21)31(27)33/h2-16,23H,1H3. The molecule has 3 nitrogen and oxygen atoms in total. The Morgan fingerprint density at radius 1 is 0.743 bits per heavy atom. The summed E-state index contributed by atoms with van der Waals surface area (Å²) in [6.45, 7) is 0. The number of nitrogens with zero attached hydrogens (tertiary/aromatic N) is 3. The monoisotopic (exact) mass is 465 g/mol. The van der Waals surface area contributed by atoms with Gasteiger partial charge in [-0.2, -0.15) is 0 Å². The fraction of sp³-hybridized carbons (Fsp3) is 0.0645. The quantitative estimate of drug-likeness (QED) is 0.221. The number of likely N-dealkylation sites (N-methyl/N-ethyl adjacent to an activating group) is 1. The zero-order chi connectivity index (χ0) is 22.8. The third-order valence-electron chi connectivity index (χ3n) is 7.91. The van der Waals surface area contributed by atoms with Crippen molar-refractivity contribution in [2.45, 2.75) is 6.04 Å². The maximum atomic E-state index is 5.22.